The number of anilines is 2. The maximum absolute atomic E-state index is 5.79. The molecule has 1 aromatic rings. The van der Waals surface area contributed by atoms with Crippen molar-refractivity contribution in [2.75, 3.05) is 23.7 Å². The summed E-state index contributed by atoms with van der Waals surface area (Å²) in [5.74, 6) is 1.03. The van der Waals surface area contributed by atoms with E-state index in [2.05, 4.69) is 23.7 Å². The molecule has 1 aromatic heterocycles. The van der Waals surface area contributed by atoms with E-state index in [0.717, 1.165) is 24.6 Å². The zero-order valence-corrected chi connectivity index (χ0v) is 10.2. The summed E-state index contributed by atoms with van der Waals surface area (Å²) in [5.41, 5.74) is 7.06. The summed E-state index contributed by atoms with van der Waals surface area (Å²) in [6, 6.07) is 3.81. The van der Waals surface area contributed by atoms with Crippen molar-refractivity contribution in [1.29, 1.82) is 0 Å². The van der Waals surface area contributed by atoms with Crippen LogP contribution in [0.1, 0.15) is 33.1 Å². The average Bonchev–Trinajstić information content (AvgIpc) is 2.39. The van der Waals surface area contributed by atoms with E-state index in [1.54, 1.807) is 6.20 Å². The molecule has 1 saturated heterocycles. The molecule has 0 aromatic carbocycles. The molecule has 0 saturated carbocycles. The molecule has 0 spiro atoms. The third-order valence-corrected chi connectivity index (χ3v) is 3.43. The van der Waals surface area contributed by atoms with Gasteiger partial charge in [-0.3, -0.25) is 0 Å². The zero-order chi connectivity index (χ0) is 11.6. The lowest BCUT2D eigenvalue weighted by Crippen LogP contribution is -2.25. The summed E-state index contributed by atoms with van der Waals surface area (Å²) in [6.45, 7) is 6.88. The number of aromatic nitrogens is 1. The molecule has 2 heterocycles. The molecule has 0 amide bonds. The Morgan fingerprint density at radius 1 is 1.31 bits per heavy atom. The predicted molar refractivity (Wildman–Crippen MR) is 68.5 cm³/mol. The van der Waals surface area contributed by atoms with Gasteiger partial charge in [0.05, 0.1) is 0 Å². The minimum atomic E-state index is 0.467. The molecule has 2 N–H and O–H groups in total. The first kappa shape index (κ1) is 11.2. The summed E-state index contributed by atoms with van der Waals surface area (Å²) in [5, 5.41) is 0. The fraction of sp³-hybridized carbons (Fsp3) is 0.615. The van der Waals surface area contributed by atoms with Crippen molar-refractivity contribution in [1.82, 2.24) is 4.98 Å². The van der Waals surface area contributed by atoms with E-state index >= 15 is 0 Å². The van der Waals surface area contributed by atoms with Gasteiger partial charge in [0.2, 0.25) is 0 Å². The van der Waals surface area contributed by atoms with Crippen LogP contribution in [0.2, 0.25) is 0 Å². The summed E-state index contributed by atoms with van der Waals surface area (Å²) < 4.78 is 0. The van der Waals surface area contributed by atoms with E-state index in [1.165, 1.54) is 19.3 Å². The lowest BCUT2D eigenvalue weighted by molar-refractivity contribution is 0.325. The maximum Gasteiger partial charge on any atom is 0.130 e. The van der Waals surface area contributed by atoms with Gasteiger partial charge in [0.25, 0.3) is 0 Å². The van der Waals surface area contributed by atoms with Crippen LogP contribution in [-0.4, -0.2) is 18.1 Å². The lowest BCUT2D eigenvalue weighted by Gasteiger charge is -2.24. The Morgan fingerprint density at radius 2 is 2.12 bits per heavy atom. The number of nitrogen functional groups attached to an aromatic ring is 1. The molecule has 1 aliphatic heterocycles. The number of hydrogen-bond donors (Lipinski definition) is 1. The number of nitrogens with zero attached hydrogens (tertiary/aromatic N) is 2. The molecule has 0 radical (unpaired) electrons. The highest BCUT2D eigenvalue weighted by Crippen LogP contribution is 2.31. The third-order valence-electron chi connectivity index (χ3n) is 3.43. The van der Waals surface area contributed by atoms with Gasteiger partial charge in [-0.15, -0.1) is 0 Å². The Morgan fingerprint density at radius 3 is 2.88 bits per heavy atom. The molecule has 1 fully saturated rings. The number of pyridine rings is 1. The summed E-state index contributed by atoms with van der Waals surface area (Å²) in [6.07, 6.45) is 5.56. The van der Waals surface area contributed by atoms with Gasteiger partial charge < -0.3 is 10.6 Å². The van der Waals surface area contributed by atoms with Gasteiger partial charge in [0.15, 0.2) is 0 Å². The van der Waals surface area contributed by atoms with Gasteiger partial charge in [-0.1, -0.05) is 13.8 Å². The predicted octanol–water partition coefficient (Wildman–Crippen LogP) is 2.68. The Hall–Kier alpha value is -1.25. The molecule has 0 atom stereocenters. The molecule has 16 heavy (non-hydrogen) atoms. The van der Waals surface area contributed by atoms with Gasteiger partial charge in [0.1, 0.15) is 5.82 Å². The molecule has 3 nitrogen and oxygen atoms in total. The van der Waals surface area contributed by atoms with E-state index < -0.39 is 0 Å². The van der Waals surface area contributed by atoms with Crippen LogP contribution in [0.15, 0.2) is 18.3 Å². The van der Waals surface area contributed by atoms with E-state index in [9.17, 15) is 0 Å². The second-order valence-corrected chi connectivity index (χ2v) is 5.45. The SMILES string of the molecule is CC1(C)CCCN(c2cc(N)ccn2)CC1. The van der Waals surface area contributed by atoms with Crippen LogP contribution >= 0.6 is 0 Å². The number of nitrogens with two attached hydrogens (primary N) is 1. The highest BCUT2D eigenvalue weighted by Gasteiger charge is 2.23. The van der Waals surface area contributed by atoms with Crippen molar-refractivity contribution in [2.45, 2.75) is 33.1 Å². The Balaban J connectivity index is 2.11. The van der Waals surface area contributed by atoms with Crippen LogP contribution in [0, 0.1) is 5.41 Å². The molecule has 3 heteroatoms. The first-order chi connectivity index (χ1) is 7.57. The molecular formula is C13H21N3. The van der Waals surface area contributed by atoms with Gasteiger partial charge in [-0.25, -0.2) is 4.98 Å². The van der Waals surface area contributed by atoms with Crippen LogP contribution in [0.25, 0.3) is 0 Å². The van der Waals surface area contributed by atoms with Crippen LogP contribution in [0.3, 0.4) is 0 Å². The van der Waals surface area contributed by atoms with E-state index in [-0.39, 0.29) is 0 Å². The highest BCUT2D eigenvalue weighted by molar-refractivity contribution is 5.50. The van der Waals surface area contributed by atoms with Crippen molar-refractivity contribution < 1.29 is 0 Å². The fourth-order valence-corrected chi connectivity index (χ4v) is 2.26. The first-order valence-corrected chi connectivity index (χ1v) is 6.03. The number of rotatable bonds is 1. The minimum absolute atomic E-state index is 0.467. The van der Waals surface area contributed by atoms with Crippen molar-refractivity contribution in [2.24, 2.45) is 5.41 Å². The summed E-state index contributed by atoms with van der Waals surface area (Å²) in [4.78, 5) is 6.75. The Bertz CT molecular complexity index is 360. The van der Waals surface area contributed by atoms with Crippen LogP contribution in [-0.2, 0) is 0 Å². The van der Waals surface area contributed by atoms with E-state index in [4.69, 9.17) is 5.73 Å². The second-order valence-electron chi connectivity index (χ2n) is 5.45. The largest absolute Gasteiger partial charge is 0.399 e. The fourth-order valence-electron chi connectivity index (χ4n) is 2.26. The molecule has 0 bridgehead atoms. The standard InChI is InChI=1S/C13H21N3/c1-13(2)5-3-8-16(9-6-13)12-10-11(14)4-7-15-12/h4,7,10H,3,5-6,8-9H2,1-2H3,(H2,14,15). The topological polar surface area (TPSA) is 42.1 Å². The Kier molecular flexibility index (Phi) is 3.03. The van der Waals surface area contributed by atoms with E-state index in [1.807, 2.05) is 12.1 Å². The second kappa shape index (κ2) is 4.32. The molecule has 0 aliphatic carbocycles. The first-order valence-electron chi connectivity index (χ1n) is 6.03. The smallest absolute Gasteiger partial charge is 0.130 e. The van der Waals surface area contributed by atoms with Crippen molar-refractivity contribution in [3.8, 4) is 0 Å². The third kappa shape index (κ3) is 2.65. The quantitative estimate of drug-likeness (QED) is 0.789. The summed E-state index contributed by atoms with van der Waals surface area (Å²) >= 11 is 0. The molecule has 88 valence electrons. The van der Waals surface area contributed by atoms with E-state index in [0.29, 0.717) is 5.41 Å². The van der Waals surface area contributed by atoms with Gasteiger partial charge >= 0.3 is 0 Å². The lowest BCUT2D eigenvalue weighted by atomic mass is 9.85. The molecule has 2 rings (SSSR count). The average molecular weight is 219 g/mol. The zero-order valence-electron chi connectivity index (χ0n) is 10.2. The highest BCUT2D eigenvalue weighted by atomic mass is 15.2. The monoisotopic (exact) mass is 219 g/mol. The molecule has 1 aliphatic rings. The molecular weight excluding hydrogens is 198 g/mol. The van der Waals surface area contributed by atoms with Crippen molar-refractivity contribution in [3.05, 3.63) is 18.3 Å². The van der Waals surface area contributed by atoms with Crippen molar-refractivity contribution in [3.63, 3.8) is 0 Å². The van der Waals surface area contributed by atoms with Crippen LogP contribution in [0.5, 0.6) is 0 Å². The maximum atomic E-state index is 5.79. The molecule has 0 unspecified atom stereocenters. The van der Waals surface area contributed by atoms with Crippen LogP contribution in [0.4, 0.5) is 11.5 Å². The van der Waals surface area contributed by atoms with Crippen molar-refractivity contribution >= 4 is 11.5 Å². The van der Waals surface area contributed by atoms with Crippen LogP contribution < -0.4 is 10.6 Å². The van der Waals surface area contributed by atoms with Gasteiger partial charge in [-0.05, 0) is 30.7 Å². The van der Waals surface area contributed by atoms with Gasteiger partial charge in [-0.2, -0.15) is 0 Å². The minimum Gasteiger partial charge on any atom is -0.399 e. The van der Waals surface area contributed by atoms with Gasteiger partial charge in [0, 0.05) is 31.0 Å². The summed E-state index contributed by atoms with van der Waals surface area (Å²) in [7, 11) is 0. The number of hydrogen-bond acceptors (Lipinski definition) is 3. The Labute approximate surface area is 97.7 Å². The normalized spacial score (nSPS) is 20.5.